The third kappa shape index (κ3) is 6.61. The van der Waals surface area contributed by atoms with E-state index in [4.69, 9.17) is 4.74 Å². The van der Waals surface area contributed by atoms with Crippen molar-refractivity contribution in [3.63, 3.8) is 0 Å². The molecule has 5 heteroatoms. The summed E-state index contributed by atoms with van der Waals surface area (Å²) in [5.74, 6) is -0.205. The molecule has 0 aromatic carbocycles. The van der Waals surface area contributed by atoms with Crippen LogP contribution < -0.4 is 0 Å². The van der Waals surface area contributed by atoms with Gasteiger partial charge in [-0.25, -0.2) is 0 Å². The largest absolute Gasteiger partial charge is 0.464 e. The lowest BCUT2D eigenvalue weighted by Crippen LogP contribution is -2.25. The third-order valence-corrected chi connectivity index (χ3v) is 3.26. The number of esters is 1. The number of rotatable bonds is 10. The zero-order chi connectivity index (χ0) is 16.2. The summed E-state index contributed by atoms with van der Waals surface area (Å²) in [7, 11) is 0. The Morgan fingerprint density at radius 1 is 1.32 bits per heavy atom. The molecule has 0 aromatic heterocycles. The van der Waals surface area contributed by atoms with E-state index in [9.17, 15) is 9.59 Å². The molecule has 0 bridgehead atoms. The molecule has 1 rings (SSSR count). The molecular formula is C17H25N2O3. The molecule has 0 aliphatic carbocycles. The fraction of sp³-hybridized carbons (Fsp3) is 0.529. The first kappa shape index (κ1) is 18.0. The molecule has 0 saturated heterocycles. The van der Waals surface area contributed by atoms with Crippen LogP contribution in [0, 0.1) is 0 Å². The molecule has 0 aromatic rings. The van der Waals surface area contributed by atoms with Crippen LogP contribution in [0.5, 0.6) is 0 Å². The van der Waals surface area contributed by atoms with Crippen molar-refractivity contribution in [1.82, 2.24) is 9.80 Å². The number of carbonyl (C=O) groups is 1. The minimum Gasteiger partial charge on any atom is -0.464 e. The Hall–Kier alpha value is -2.04. The predicted octanol–water partition coefficient (Wildman–Crippen LogP) is 2.73. The fourth-order valence-electron chi connectivity index (χ4n) is 1.98. The number of amides is 1. The van der Waals surface area contributed by atoms with Gasteiger partial charge in [-0.05, 0) is 18.6 Å². The molecule has 1 radical (unpaired) electrons. The minimum absolute atomic E-state index is 0.205. The summed E-state index contributed by atoms with van der Waals surface area (Å²) in [6.07, 6.45) is 14.9. The lowest BCUT2D eigenvalue weighted by atomic mass is 10.2. The van der Waals surface area contributed by atoms with Gasteiger partial charge in [0.15, 0.2) is 0 Å². The van der Waals surface area contributed by atoms with Crippen molar-refractivity contribution in [2.45, 2.75) is 39.5 Å². The van der Waals surface area contributed by atoms with E-state index in [1.165, 1.54) is 0 Å². The van der Waals surface area contributed by atoms with Gasteiger partial charge in [0.05, 0.1) is 12.2 Å². The lowest BCUT2D eigenvalue weighted by molar-refractivity contribution is -0.143. The van der Waals surface area contributed by atoms with E-state index < -0.39 is 0 Å². The molecule has 0 spiro atoms. The van der Waals surface area contributed by atoms with E-state index in [0.29, 0.717) is 26.1 Å². The lowest BCUT2D eigenvalue weighted by Gasteiger charge is -2.21. The Balaban J connectivity index is 2.59. The summed E-state index contributed by atoms with van der Waals surface area (Å²) < 4.78 is 5.08. The van der Waals surface area contributed by atoms with Crippen LogP contribution >= 0.6 is 0 Å². The Morgan fingerprint density at radius 3 is 2.82 bits per heavy atom. The van der Waals surface area contributed by atoms with Gasteiger partial charge in [0, 0.05) is 25.4 Å². The van der Waals surface area contributed by atoms with E-state index in [1.54, 1.807) is 11.8 Å². The van der Waals surface area contributed by atoms with Crippen molar-refractivity contribution in [3.8, 4) is 0 Å². The quantitative estimate of drug-likeness (QED) is 0.354. The Kier molecular flexibility index (Phi) is 8.72. The van der Waals surface area contributed by atoms with Gasteiger partial charge in [-0.1, -0.05) is 32.8 Å². The first-order chi connectivity index (χ1) is 10.7. The summed E-state index contributed by atoms with van der Waals surface area (Å²) in [6.45, 7) is 5.43. The van der Waals surface area contributed by atoms with Crippen LogP contribution in [0.1, 0.15) is 39.5 Å². The molecule has 0 saturated carbocycles. The predicted molar refractivity (Wildman–Crippen MR) is 86.2 cm³/mol. The highest BCUT2D eigenvalue weighted by atomic mass is 16.5. The number of carbonyl (C=O) groups excluding carboxylic acids is 2. The SMILES string of the molecule is CCCCCN([C]=O)C1=CN(CCOC(=O)CC)C=CC=C1. The van der Waals surface area contributed by atoms with Crippen LogP contribution in [0.3, 0.4) is 0 Å². The van der Waals surface area contributed by atoms with Gasteiger partial charge >= 0.3 is 12.4 Å². The number of ether oxygens (including phenoxy) is 1. The Labute approximate surface area is 132 Å². The highest BCUT2D eigenvalue weighted by Crippen LogP contribution is 2.12. The second-order valence-electron chi connectivity index (χ2n) is 5.02. The topological polar surface area (TPSA) is 49.9 Å². The van der Waals surface area contributed by atoms with Crippen LogP contribution in [-0.4, -0.2) is 41.9 Å². The second-order valence-corrected chi connectivity index (χ2v) is 5.02. The third-order valence-electron chi connectivity index (χ3n) is 3.26. The number of hydrogen-bond acceptors (Lipinski definition) is 4. The molecule has 0 N–H and O–H groups in total. The molecule has 1 aliphatic rings. The normalized spacial score (nSPS) is 13.5. The molecular weight excluding hydrogens is 280 g/mol. The van der Waals surface area contributed by atoms with Crippen molar-refractivity contribution in [2.75, 3.05) is 19.7 Å². The van der Waals surface area contributed by atoms with Crippen LogP contribution in [0.4, 0.5) is 0 Å². The van der Waals surface area contributed by atoms with Crippen molar-refractivity contribution in [1.29, 1.82) is 0 Å². The molecule has 1 heterocycles. The highest BCUT2D eigenvalue weighted by Gasteiger charge is 2.10. The van der Waals surface area contributed by atoms with Gasteiger partial charge in [0.2, 0.25) is 0 Å². The van der Waals surface area contributed by atoms with Gasteiger partial charge < -0.3 is 14.5 Å². The van der Waals surface area contributed by atoms with E-state index in [2.05, 4.69) is 6.92 Å². The van der Waals surface area contributed by atoms with Gasteiger partial charge in [-0.3, -0.25) is 9.59 Å². The summed E-state index contributed by atoms with van der Waals surface area (Å²) in [4.78, 5) is 25.8. The smallest absolute Gasteiger partial charge is 0.316 e. The maximum absolute atomic E-state index is 11.2. The van der Waals surface area contributed by atoms with Gasteiger partial charge in [0.1, 0.15) is 6.61 Å². The number of allylic oxidation sites excluding steroid dienone is 3. The maximum atomic E-state index is 11.2. The molecule has 0 unspecified atom stereocenters. The number of nitrogens with zero attached hydrogens (tertiary/aromatic N) is 2. The zero-order valence-electron chi connectivity index (χ0n) is 13.5. The average molecular weight is 305 g/mol. The van der Waals surface area contributed by atoms with Crippen molar-refractivity contribution < 1.29 is 14.3 Å². The molecule has 1 amide bonds. The highest BCUT2D eigenvalue weighted by molar-refractivity contribution is 5.68. The average Bonchev–Trinajstić information content (AvgIpc) is 2.77. The molecule has 0 atom stereocenters. The van der Waals surface area contributed by atoms with Crippen molar-refractivity contribution >= 4 is 12.4 Å². The van der Waals surface area contributed by atoms with Crippen LogP contribution in [0.25, 0.3) is 0 Å². The zero-order valence-corrected chi connectivity index (χ0v) is 13.5. The summed E-state index contributed by atoms with van der Waals surface area (Å²) in [5.41, 5.74) is 0.790. The molecule has 5 nitrogen and oxygen atoms in total. The van der Waals surface area contributed by atoms with Gasteiger partial charge in [-0.15, -0.1) is 0 Å². The molecule has 22 heavy (non-hydrogen) atoms. The maximum Gasteiger partial charge on any atom is 0.316 e. The second kappa shape index (κ2) is 10.7. The van der Waals surface area contributed by atoms with Crippen molar-refractivity contribution in [2.24, 2.45) is 0 Å². The van der Waals surface area contributed by atoms with Crippen LogP contribution in [-0.2, 0) is 14.3 Å². The summed E-state index contributed by atoms with van der Waals surface area (Å²) >= 11 is 0. The monoisotopic (exact) mass is 305 g/mol. The van der Waals surface area contributed by atoms with Gasteiger partial charge in [-0.2, -0.15) is 0 Å². The van der Waals surface area contributed by atoms with E-state index >= 15 is 0 Å². The fourth-order valence-corrected chi connectivity index (χ4v) is 1.98. The summed E-state index contributed by atoms with van der Waals surface area (Å²) in [6, 6.07) is 0. The number of unbranched alkanes of at least 4 members (excludes halogenated alkanes) is 2. The minimum atomic E-state index is -0.205. The van der Waals surface area contributed by atoms with E-state index in [1.807, 2.05) is 41.9 Å². The van der Waals surface area contributed by atoms with Gasteiger partial charge in [0.25, 0.3) is 0 Å². The number of hydrogen-bond donors (Lipinski definition) is 0. The molecule has 1 aliphatic heterocycles. The molecule has 0 fully saturated rings. The van der Waals surface area contributed by atoms with E-state index in [-0.39, 0.29) is 5.97 Å². The Bertz CT molecular complexity index is 441. The summed E-state index contributed by atoms with van der Waals surface area (Å²) in [5, 5.41) is 0. The standard InChI is InChI=1S/C17H25N2O3/c1-3-5-7-11-19(15-20)16-9-6-8-10-18(14-16)12-13-22-17(21)4-2/h6,8-10,14H,3-5,7,11-13H2,1-2H3. The first-order valence-corrected chi connectivity index (χ1v) is 7.84. The van der Waals surface area contributed by atoms with Crippen molar-refractivity contribution in [3.05, 3.63) is 36.3 Å². The van der Waals surface area contributed by atoms with Crippen LogP contribution in [0.15, 0.2) is 36.3 Å². The van der Waals surface area contributed by atoms with E-state index in [0.717, 1.165) is 25.0 Å². The first-order valence-electron chi connectivity index (χ1n) is 7.84. The van der Waals surface area contributed by atoms with Crippen LogP contribution in [0.2, 0.25) is 0 Å². The Morgan fingerprint density at radius 2 is 2.14 bits per heavy atom. The molecule has 121 valence electrons.